The van der Waals surface area contributed by atoms with Crippen molar-refractivity contribution in [2.75, 3.05) is 5.73 Å². The summed E-state index contributed by atoms with van der Waals surface area (Å²) in [5.41, 5.74) is 5.76. The third-order valence-corrected chi connectivity index (χ3v) is 0.852. The zero-order chi connectivity index (χ0) is 8.48. The van der Waals surface area contributed by atoms with Crippen LogP contribution < -0.4 is 5.73 Å². The monoisotopic (exact) mass is 111 g/mol. The molecule has 0 unspecified atom stereocenters. The maximum Gasteiger partial charge on any atom is 0.0530 e. The van der Waals surface area contributed by atoms with Gasteiger partial charge in [0.25, 0.3) is 0 Å². The molecule has 0 spiro atoms. The number of aryl methyl sites for hydroxylation is 1. The van der Waals surface area contributed by atoms with Crippen LogP contribution in [0.4, 0.5) is 5.69 Å². The van der Waals surface area contributed by atoms with Crippen LogP contribution in [-0.4, -0.2) is 4.98 Å². The molecule has 42 valence electrons. The summed E-state index contributed by atoms with van der Waals surface area (Å²) in [6.07, 6.45) is 2.75. The quantitative estimate of drug-likeness (QED) is 0.541. The summed E-state index contributed by atoms with van der Waals surface area (Å²) in [5, 5.41) is 0. The minimum absolute atomic E-state index is 0.160. The maximum atomic E-state index is 7.04. The van der Waals surface area contributed by atoms with E-state index in [4.69, 9.17) is 9.85 Å². The van der Waals surface area contributed by atoms with E-state index in [9.17, 15) is 0 Å². The lowest BCUT2D eigenvalue weighted by atomic mass is 10.3. The number of hydrogen-bond acceptors (Lipinski definition) is 2. The summed E-state index contributed by atoms with van der Waals surface area (Å²) < 4.78 is 21.1. The van der Waals surface area contributed by atoms with Crippen molar-refractivity contribution in [2.45, 2.75) is 6.85 Å². The van der Waals surface area contributed by atoms with Crippen LogP contribution in [0.15, 0.2) is 18.5 Å². The summed E-state index contributed by atoms with van der Waals surface area (Å²) >= 11 is 0. The van der Waals surface area contributed by atoms with Crippen molar-refractivity contribution in [2.24, 2.45) is 0 Å². The smallest absolute Gasteiger partial charge is 0.0530 e. The molecule has 0 fully saturated rings. The fourth-order valence-corrected chi connectivity index (χ4v) is 0.407. The van der Waals surface area contributed by atoms with Gasteiger partial charge in [0.15, 0.2) is 0 Å². The SMILES string of the molecule is [2H]C([2H])([2H])c1ccncc1N. The van der Waals surface area contributed by atoms with Gasteiger partial charge in [0.05, 0.1) is 5.69 Å². The second-order valence-electron chi connectivity index (χ2n) is 1.46. The summed E-state index contributed by atoms with van der Waals surface area (Å²) in [6, 6.07) is 1.41. The van der Waals surface area contributed by atoms with Crippen LogP contribution in [0.1, 0.15) is 9.68 Å². The number of nitrogen functional groups attached to an aromatic ring is 1. The summed E-state index contributed by atoms with van der Waals surface area (Å²) in [6.45, 7) is -2.13. The van der Waals surface area contributed by atoms with Crippen LogP contribution in [-0.2, 0) is 0 Å². The van der Waals surface area contributed by atoms with E-state index in [0.717, 1.165) is 0 Å². The van der Waals surface area contributed by atoms with E-state index in [1.807, 2.05) is 0 Å². The van der Waals surface area contributed by atoms with Gasteiger partial charge in [0.2, 0.25) is 0 Å². The molecule has 0 saturated carbocycles. The van der Waals surface area contributed by atoms with Gasteiger partial charge in [-0.1, -0.05) is 0 Å². The molecule has 1 rings (SSSR count). The predicted molar refractivity (Wildman–Crippen MR) is 33.4 cm³/mol. The van der Waals surface area contributed by atoms with Gasteiger partial charge in [-0.05, 0) is 18.5 Å². The molecule has 8 heavy (non-hydrogen) atoms. The first-order chi connectivity index (χ1) is 5.02. The van der Waals surface area contributed by atoms with Crippen molar-refractivity contribution in [1.82, 2.24) is 4.98 Å². The number of rotatable bonds is 0. The van der Waals surface area contributed by atoms with E-state index in [0.29, 0.717) is 0 Å². The predicted octanol–water partition coefficient (Wildman–Crippen LogP) is 0.972. The first-order valence-corrected chi connectivity index (χ1v) is 2.22. The van der Waals surface area contributed by atoms with Gasteiger partial charge < -0.3 is 5.73 Å². The molecular formula is C6H8N2. The highest BCUT2D eigenvalue weighted by atomic mass is 14.7. The number of hydrogen-bond donors (Lipinski definition) is 1. The van der Waals surface area contributed by atoms with E-state index < -0.39 is 6.85 Å². The van der Waals surface area contributed by atoms with Crippen LogP contribution in [0.3, 0.4) is 0 Å². The van der Waals surface area contributed by atoms with Gasteiger partial charge in [0, 0.05) is 16.5 Å². The molecule has 0 aromatic carbocycles. The molecule has 0 atom stereocenters. The van der Waals surface area contributed by atoms with Gasteiger partial charge in [-0.15, -0.1) is 0 Å². The van der Waals surface area contributed by atoms with Crippen molar-refractivity contribution in [1.29, 1.82) is 0 Å². The fourth-order valence-electron chi connectivity index (χ4n) is 0.407. The van der Waals surface area contributed by atoms with Gasteiger partial charge in [-0.25, -0.2) is 0 Å². The molecule has 0 amide bonds. The lowest BCUT2D eigenvalue weighted by Crippen LogP contribution is -1.88. The van der Waals surface area contributed by atoms with E-state index in [2.05, 4.69) is 4.98 Å². The number of nitrogens with zero attached hydrogens (tertiary/aromatic N) is 1. The Labute approximate surface area is 52.6 Å². The third-order valence-electron chi connectivity index (χ3n) is 0.852. The summed E-state index contributed by atoms with van der Waals surface area (Å²) in [5.74, 6) is 0. The second-order valence-corrected chi connectivity index (χ2v) is 1.46. The molecule has 2 heteroatoms. The molecule has 0 saturated heterocycles. The second kappa shape index (κ2) is 1.82. The van der Waals surface area contributed by atoms with Crippen molar-refractivity contribution in [3.05, 3.63) is 24.0 Å². The first-order valence-electron chi connectivity index (χ1n) is 3.72. The lowest BCUT2D eigenvalue weighted by Gasteiger charge is -1.92. The molecule has 1 heterocycles. The Morgan fingerprint density at radius 1 is 1.88 bits per heavy atom. The Morgan fingerprint density at radius 3 is 3.25 bits per heavy atom. The number of anilines is 1. The normalized spacial score (nSPS) is 16.2. The van der Waals surface area contributed by atoms with E-state index in [-0.39, 0.29) is 11.3 Å². The summed E-state index contributed by atoms with van der Waals surface area (Å²) in [4.78, 5) is 3.68. The fraction of sp³-hybridized carbons (Fsp3) is 0.167. The molecule has 2 N–H and O–H groups in total. The van der Waals surface area contributed by atoms with Gasteiger partial charge in [-0.3, -0.25) is 4.98 Å². The Balaban J connectivity index is 3.14. The minimum Gasteiger partial charge on any atom is -0.397 e. The van der Waals surface area contributed by atoms with Crippen LogP contribution in [0, 0.1) is 6.85 Å². The van der Waals surface area contributed by atoms with Crippen molar-refractivity contribution >= 4 is 5.69 Å². The minimum atomic E-state index is -2.13. The molecule has 0 radical (unpaired) electrons. The van der Waals surface area contributed by atoms with Crippen molar-refractivity contribution in [3.8, 4) is 0 Å². The maximum absolute atomic E-state index is 7.04. The highest BCUT2D eigenvalue weighted by Gasteiger charge is 1.85. The highest BCUT2D eigenvalue weighted by Crippen LogP contribution is 2.03. The average molecular weight is 111 g/mol. The Hall–Kier alpha value is -1.05. The standard InChI is InChI=1S/C6H8N2/c1-5-2-3-8-4-6(5)7/h2-4H,7H2,1H3/i1D3. The average Bonchev–Trinajstić information content (AvgIpc) is 1.86. The van der Waals surface area contributed by atoms with Crippen molar-refractivity contribution in [3.63, 3.8) is 0 Å². The van der Waals surface area contributed by atoms with E-state index >= 15 is 0 Å². The molecule has 0 aliphatic carbocycles. The molecule has 0 aliphatic heterocycles. The van der Waals surface area contributed by atoms with Crippen LogP contribution >= 0.6 is 0 Å². The first kappa shape index (κ1) is 2.49. The van der Waals surface area contributed by atoms with Crippen LogP contribution in [0.25, 0.3) is 0 Å². The van der Waals surface area contributed by atoms with E-state index in [1.54, 1.807) is 0 Å². The largest absolute Gasteiger partial charge is 0.397 e. The Bertz CT molecular complexity index is 256. The zero-order valence-electron chi connectivity index (χ0n) is 7.26. The Kier molecular flexibility index (Phi) is 0.565. The molecule has 0 bridgehead atoms. The number of pyridine rings is 1. The molecule has 1 aromatic rings. The van der Waals surface area contributed by atoms with Crippen LogP contribution in [0.2, 0.25) is 0 Å². The molecule has 0 aliphatic rings. The zero-order valence-corrected chi connectivity index (χ0v) is 4.26. The van der Waals surface area contributed by atoms with Gasteiger partial charge in [-0.2, -0.15) is 0 Å². The Morgan fingerprint density at radius 2 is 2.75 bits per heavy atom. The lowest BCUT2D eigenvalue weighted by molar-refractivity contribution is 1.29. The van der Waals surface area contributed by atoms with E-state index in [1.165, 1.54) is 18.5 Å². The van der Waals surface area contributed by atoms with Crippen LogP contribution in [0.5, 0.6) is 0 Å². The summed E-state index contributed by atoms with van der Waals surface area (Å²) in [7, 11) is 0. The van der Waals surface area contributed by atoms with Gasteiger partial charge >= 0.3 is 0 Å². The number of aromatic nitrogens is 1. The molecule has 2 nitrogen and oxygen atoms in total. The molecular weight excluding hydrogens is 100 g/mol. The molecule has 1 aromatic heterocycles. The van der Waals surface area contributed by atoms with Gasteiger partial charge in [0.1, 0.15) is 0 Å². The number of nitrogens with two attached hydrogens (primary N) is 1. The highest BCUT2D eigenvalue weighted by molar-refractivity contribution is 5.42. The third kappa shape index (κ3) is 0.780. The topological polar surface area (TPSA) is 38.9 Å². The van der Waals surface area contributed by atoms with Crippen molar-refractivity contribution < 1.29 is 4.11 Å².